The van der Waals surface area contributed by atoms with E-state index in [1.54, 1.807) is 0 Å². The van der Waals surface area contributed by atoms with E-state index in [0.717, 1.165) is 25.4 Å². The zero-order valence-electron chi connectivity index (χ0n) is 13.2. The molecule has 0 aromatic heterocycles. The van der Waals surface area contributed by atoms with E-state index in [1.165, 1.54) is 16.7 Å². The molecule has 0 aliphatic rings. The van der Waals surface area contributed by atoms with Crippen molar-refractivity contribution in [3.63, 3.8) is 0 Å². The topological polar surface area (TPSA) is 21.3 Å². The van der Waals surface area contributed by atoms with Gasteiger partial charge >= 0.3 is 0 Å². The quantitative estimate of drug-likeness (QED) is 0.817. The van der Waals surface area contributed by atoms with Crippen LogP contribution in [0.3, 0.4) is 0 Å². The lowest BCUT2D eigenvalue weighted by Crippen LogP contribution is -2.14. The Kier molecular flexibility index (Phi) is 5.82. The molecule has 2 heteroatoms. The van der Waals surface area contributed by atoms with E-state index in [0.29, 0.717) is 5.92 Å². The predicted octanol–water partition coefficient (Wildman–Crippen LogP) is 4.32. The molecular weight excluding hydrogens is 258 g/mol. The number of para-hydroxylation sites is 1. The van der Waals surface area contributed by atoms with Crippen LogP contribution in [-0.4, -0.2) is 6.61 Å². The van der Waals surface area contributed by atoms with Crippen LogP contribution in [0.2, 0.25) is 0 Å². The standard InChI is InChI=1S/C19H25NO/c1-15(2)14-21-19-10-5-4-9-18(19)13-20-12-17-8-6-7-16(3)11-17/h4-11,15,20H,12-14H2,1-3H3. The Labute approximate surface area is 128 Å². The monoisotopic (exact) mass is 283 g/mol. The van der Waals surface area contributed by atoms with E-state index >= 15 is 0 Å². The third kappa shape index (κ3) is 5.24. The molecule has 0 unspecified atom stereocenters. The molecular formula is C19H25NO. The van der Waals surface area contributed by atoms with Crippen LogP contribution in [-0.2, 0) is 13.1 Å². The van der Waals surface area contributed by atoms with Crippen molar-refractivity contribution in [3.05, 3.63) is 65.2 Å². The number of rotatable bonds is 7. The Bertz CT molecular complexity index is 563. The van der Waals surface area contributed by atoms with Crippen LogP contribution >= 0.6 is 0 Å². The molecule has 0 radical (unpaired) electrons. The molecule has 2 nitrogen and oxygen atoms in total. The highest BCUT2D eigenvalue weighted by Gasteiger charge is 2.04. The molecule has 0 saturated carbocycles. The van der Waals surface area contributed by atoms with Gasteiger partial charge in [-0.3, -0.25) is 0 Å². The fourth-order valence-corrected chi connectivity index (χ4v) is 2.21. The molecule has 1 N–H and O–H groups in total. The SMILES string of the molecule is Cc1cccc(CNCc2ccccc2OCC(C)C)c1. The second-order valence-corrected chi connectivity index (χ2v) is 5.91. The number of benzene rings is 2. The highest BCUT2D eigenvalue weighted by molar-refractivity contribution is 5.33. The molecule has 2 aromatic carbocycles. The van der Waals surface area contributed by atoms with Crippen molar-refractivity contribution >= 4 is 0 Å². The summed E-state index contributed by atoms with van der Waals surface area (Å²) >= 11 is 0. The van der Waals surface area contributed by atoms with Crippen molar-refractivity contribution in [3.8, 4) is 5.75 Å². The summed E-state index contributed by atoms with van der Waals surface area (Å²) in [7, 11) is 0. The van der Waals surface area contributed by atoms with Gasteiger partial charge in [-0.1, -0.05) is 61.9 Å². The summed E-state index contributed by atoms with van der Waals surface area (Å²) in [6.45, 7) is 8.91. The van der Waals surface area contributed by atoms with Crippen LogP contribution in [0, 0.1) is 12.8 Å². The molecule has 0 bridgehead atoms. The number of aryl methyl sites for hydroxylation is 1. The first kappa shape index (κ1) is 15.6. The molecule has 0 amide bonds. The Morgan fingerprint density at radius 2 is 1.81 bits per heavy atom. The van der Waals surface area contributed by atoms with Gasteiger partial charge < -0.3 is 10.1 Å². The Hall–Kier alpha value is -1.80. The number of ether oxygens (including phenoxy) is 1. The lowest BCUT2D eigenvalue weighted by molar-refractivity contribution is 0.268. The first-order valence-electron chi connectivity index (χ1n) is 7.62. The van der Waals surface area contributed by atoms with Gasteiger partial charge in [0.2, 0.25) is 0 Å². The zero-order valence-corrected chi connectivity index (χ0v) is 13.2. The molecule has 0 atom stereocenters. The van der Waals surface area contributed by atoms with Gasteiger partial charge in [-0.2, -0.15) is 0 Å². The van der Waals surface area contributed by atoms with Gasteiger partial charge in [0.1, 0.15) is 5.75 Å². The molecule has 0 heterocycles. The Balaban J connectivity index is 1.90. The highest BCUT2D eigenvalue weighted by Crippen LogP contribution is 2.18. The average molecular weight is 283 g/mol. The molecule has 0 saturated heterocycles. The van der Waals surface area contributed by atoms with E-state index in [2.05, 4.69) is 62.5 Å². The van der Waals surface area contributed by atoms with Crippen LogP contribution in [0.4, 0.5) is 0 Å². The minimum atomic E-state index is 0.540. The molecule has 0 aliphatic carbocycles. The van der Waals surface area contributed by atoms with Crippen molar-refractivity contribution in [2.24, 2.45) is 5.92 Å². The van der Waals surface area contributed by atoms with Crippen molar-refractivity contribution in [1.29, 1.82) is 0 Å². The summed E-state index contributed by atoms with van der Waals surface area (Å²) in [6, 6.07) is 16.9. The van der Waals surface area contributed by atoms with E-state index in [1.807, 2.05) is 12.1 Å². The van der Waals surface area contributed by atoms with Crippen LogP contribution in [0.1, 0.15) is 30.5 Å². The lowest BCUT2D eigenvalue weighted by Gasteiger charge is -2.13. The minimum absolute atomic E-state index is 0.540. The largest absolute Gasteiger partial charge is 0.493 e. The van der Waals surface area contributed by atoms with E-state index in [-0.39, 0.29) is 0 Å². The van der Waals surface area contributed by atoms with Gasteiger partial charge in [0.25, 0.3) is 0 Å². The van der Waals surface area contributed by atoms with Crippen LogP contribution in [0.5, 0.6) is 5.75 Å². The van der Waals surface area contributed by atoms with Crippen molar-refractivity contribution in [2.45, 2.75) is 33.9 Å². The molecule has 21 heavy (non-hydrogen) atoms. The first-order chi connectivity index (χ1) is 10.1. The number of nitrogens with one attached hydrogen (secondary N) is 1. The Morgan fingerprint density at radius 1 is 1.00 bits per heavy atom. The average Bonchev–Trinajstić information content (AvgIpc) is 2.46. The minimum Gasteiger partial charge on any atom is -0.493 e. The van der Waals surface area contributed by atoms with Gasteiger partial charge in [0.05, 0.1) is 6.61 Å². The maximum atomic E-state index is 5.88. The van der Waals surface area contributed by atoms with Gasteiger partial charge in [-0.15, -0.1) is 0 Å². The summed E-state index contributed by atoms with van der Waals surface area (Å²) in [5.41, 5.74) is 3.83. The fourth-order valence-electron chi connectivity index (χ4n) is 2.21. The maximum absolute atomic E-state index is 5.88. The van der Waals surface area contributed by atoms with Crippen LogP contribution in [0.15, 0.2) is 48.5 Å². The van der Waals surface area contributed by atoms with Crippen molar-refractivity contribution < 1.29 is 4.74 Å². The van der Waals surface area contributed by atoms with Crippen LogP contribution in [0.25, 0.3) is 0 Å². The third-order valence-corrected chi connectivity index (χ3v) is 3.27. The lowest BCUT2D eigenvalue weighted by atomic mass is 10.1. The Morgan fingerprint density at radius 3 is 2.57 bits per heavy atom. The fraction of sp³-hybridized carbons (Fsp3) is 0.368. The zero-order chi connectivity index (χ0) is 15.1. The van der Waals surface area contributed by atoms with E-state index in [4.69, 9.17) is 4.74 Å². The summed E-state index contributed by atoms with van der Waals surface area (Å²) in [6.07, 6.45) is 0. The first-order valence-corrected chi connectivity index (χ1v) is 7.62. The smallest absolute Gasteiger partial charge is 0.123 e. The van der Waals surface area contributed by atoms with E-state index in [9.17, 15) is 0 Å². The van der Waals surface area contributed by atoms with Crippen molar-refractivity contribution in [1.82, 2.24) is 5.32 Å². The van der Waals surface area contributed by atoms with E-state index < -0.39 is 0 Å². The molecule has 112 valence electrons. The summed E-state index contributed by atoms with van der Waals surface area (Å²) in [5.74, 6) is 1.53. The molecule has 0 fully saturated rings. The molecule has 2 aromatic rings. The second kappa shape index (κ2) is 7.84. The number of hydrogen-bond donors (Lipinski definition) is 1. The summed E-state index contributed by atoms with van der Waals surface area (Å²) in [5, 5.41) is 3.49. The maximum Gasteiger partial charge on any atom is 0.123 e. The predicted molar refractivity (Wildman–Crippen MR) is 88.5 cm³/mol. The summed E-state index contributed by atoms with van der Waals surface area (Å²) < 4.78 is 5.88. The van der Waals surface area contributed by atoms with Crippen LogP contribution < -0.4 is 10.1 Å². The molecule has 0 aliphatic heterocycles. The van der Waals surface area contributed by atoms with Crippen molar-refractivity contribution in [2.75, 3.05) is 6.61 Å². The summed E-state index contributed by atoms with van der Waals surface area (Å²) in [4.78, 5) is 0. The normalized spacial score (nSPS) is 10.9. The van der Waals surface area contributed by atoms with Gasteiger partial charge in [-0.25, -0.2) is 0 Å². The second-order valence-electron chi connectivity index (χ2n) is 5.91. The van der Waals surface area contributed by atoms with Gasteiger partial charge in [0, 0.05) is 18.7 Å². The number of hydrogen-bond acceptors (Lipinski definition) is 2. The van der Waals surface area contributed by atoms with Gasteiger partial charge in [-0.05, 0) is 24.5 Å². The third-order valence-electron chi connectivity index (χ3n) is 3.27. The molecule has 0 spiro atoms. The molecule has 2 rings (SSSR count). The highest BCUT2D eigenvalue weighted by atomic mass is 16.5. The van der Waals surface area contributed by atoms with Gasteiger partial charge in [0.15, 0.2) is 0 Å².